The third-order valence-corrected chi connectivity index (χ3v) is 7.39. The highest BCUT2D eigenvalue weighted by atomic mass is 35.5. The van der Waals surface area contributed by atoms with Gasteiger partial charge in [-0.05, 0) is 41.7 Å². The molecular weight excluding hydrogens is 410 g/mol. The van der Waals surface area contributed by atoms with Crippen LogP contribution >= 0.6 is 11.6 Å². The van der Waals surface area contributed by atoms with Gasteiger partial charge in [0.25, 0.3) is 0 Å². The maximum Gasteiger partial charge on any atom is 0.333 e. The maximum absolute atomic E-state index is 13.8. The molecule has 1 aliphatic rings. The van der Waals surface area contributed by atoms with Gasteiger partial charge >= 0.3 is 5.97 Å². The van der Waals surface area contributed by atoms with Crippen LogP contribution < -0.4 is 0 Å². The Morgan fingerprint density at radius 1 is 1.07 bits per heavy atom. The Kier molecular flexibility index (Phi) is 5.64. The van der Waals surface area contributed by atoms with Gasteiger partial charge in [0.05, 0.1) is 16.5 Å². The third kappa shape index (κ3) is 3.97. The van der Waals surface area contributed by atoms with Gasteiger partial charge in [0.2, 0.25) is 10.0 Å². The number of aryl methyl sites for hydroxylation is 1. The van der Waals surface area contributed by atoms with Gasteiger partial charge < -0.3 is 5.11 Å². The zero-order chi connectivity index (χ0) is 21.6. The number of halogens is 1. The summed E-state index contributed by atoms with van der Waals surface area (Å²) in [7, 11) is -3.99. The highest BCUT2D eigenvalue weighted by molar-refractivity contribution is 7.89. The molecule has 1 aliphatic heterocycles. The summed E-state index contributed by atoms with van der Waals surface area (Å²) in [6.07, 6.45) is 1.57. The van der Waals surface area contributed by atoms with Crippen molar-refractivity contribution in [2.24, 2.45) is 5.41 Å². The topological polar surface area (TPSA) is 74.7 Å². The second-order valence-electron chi connectivity index (χ2n) is 8.29. The first-order valence-corrected chi connectivity index (χ1v) is 11.1. The van der Waals surface area contributed by atoms with E-state index >= 15 is 0 Å². The molecule has 0 spiro atoms. The monoisotopic (exact) mass is 433 g/mol. The molecule has 29 heavy (non-hydrogen) atoms. The van der Waals surface area contributed by atoms with Crippen LogP contribution in [0, 0.1) is 12.3 Å². The number of carbonyl (C=O) groups is 1. The molecule has 0 amide bonds. The number of benzene rings is 2. The second kappa shape index (κ2) is 7.59. The van der Waals surface area contributed by atoms with E-state index in [-0.39, 0.29) is 10.5 Å². The molecule has 1 N–H and O–H groups in total. The van der Waals surface area contributed by atoms with Crippen LogP contribution in [0.4, 0.5) is 0 Å². The van der Waals surface area contributed by atoms with Crippen molar-refractivity contribution >= 4 is 27.6 Å². The Hall–Kier alpha value is -2.15. The molecule has 2 atom stereocenters. The summed E-state index contributed by atoms with van der Waals surface area (Å²) in [6, 6.07) is 11.8. The van der Waals surface area contributed by atoms with Gasteiger partial charge in [0, 0.05) is 11.1 Å². The lowest BCUT2D eigenvalue weighted by molar-refractivity contribution is -0.133. The standard InChI is InChI=1S/C22H24ClNO4S/c1-14-7-5-6-8-18(14)29(27,28)24-19(22(2,3)4)13-17(21(25)26)20(24)15-9-11-16(23)12-10-15/h5-13,19-20H,1-4H3,(H,25,26)/t19-,20-/m0/s1. The summed E-state index contributed by atoms with van der Waals surface area (Å²) in [6.45, 7) is 7.44. The number of sulfonamides is 1. The Morgan fingerprint density at radius 2 is 1.66 bits per heavy atom. The molecule has 3 rings (SSSR count). The second-order valence-corrected chi connectivity index (χ2v) is 10.5. The predicted molar refractivity (Wildman–Crippen MR) is 113 cm³/mol. The van der Waals surface area contributed by atoms with E-state index < -0.39 is 33.5 Å². The Labute approximate surface area is 176 Å². The van der Waals surface area contributed by atoms with E-state index in [4.69, 9.17) is 11.6 Å². The summed E-state index contributed by atoms with van der Waals surface area (Å²) in [5, 5.41) is 10.4. The van der Waals surface area contributed by atoms with Crippen molar-refractivity contribution in [1.82, 2.24) is 4.31 Å². The van der Waals surface area contributed by atoms with Crippen molar-refractivity contribution in [3.05, 3.63) is 76.3 Å². The van der Waals surface area contributed by atoms with Gasteiger partial charge in [0.1, 0.15) is 0 Å². The maximum atomic E-state index is 13.8. The van der Waals surface area contributed by atoms with E-state index in [1.165, 1.54) is 4.31 Å². The molecule has 2 aromatic rings. The third-order valence-electron chi connectivity index (χ3n) is 5.13. The summed E-state index contributed by atoms with van der Waals surface area (Å²) < 4.78 is 28.9. The van der Waals surface area contributed by atoms with E-state index in [1.807, 2.05) is 20.8 Å². The smallest absolute Gasteiger partial charge is 0.333 e. The number of nitrogens with zero attached hydrogens (tertiary/aromatic N) is 1. The molecule has 7 heteroatoms. The number of hydrogen-bond donors (Lipinski definition) is 1. The zero-order valence-corrected chi connectivity index (χ0v) is 18.3. The molecular formula is C22H24ClNO4S. The van der Waals surface area contributed by atoms with Gasteiger partial charge in [-0.3, -0.25) is 0 Å². The van der Waals surface area contributed by atoms with Crippen LogP contribution in [-0.2, 0) is 14.8 Å². The molecule has 1 heterocycles. The van der Waals surface area contributed by atoms with Crippen LogP contribution in [0.25, 0.3) is 0 Å². The van der Waals surface area contributed by atoms with Crippen LogP contribution in [0.3, 0.4) is 0 Å². The number of carboxylic acids is 1. The highest BCUT2D eigenvalue weighted by Gasteiger charge is 2.49. The Balaban J connectivity index is 2.27. The normalized spacial score (nSPS) is 20.5. The molecule has 0 aromatic heterocycles. The molecule has 0 radical (unpaired) electrons. The fourth-order valence-electron chi connectivity index (χ4n) is 3.67. The van der Waals surface area contributed by atoms with Crippen molar-refractivity contribution in [3.8, 4) is 0 Å². The molecule has 0 saturated heterocycles. The SMILES string of the molecule is Cc1ccccc1S(=O)(=O)N1[C@@H](c2ccc(Cl)cc2)C(C(=O)O)=C[C@H]1C(C)(C)C. The van der Waals surface area contributed by atoms with Gasteiger partial charge in [-0.25, -0.2) is 13.2 Å². The molecule has 0 aliphatic carbocycles. The van der Waals surface area contributed by atoms with Gasteiger partial charge in [0.15, 0.2) is 0 Å². The average molecular weight is 434 g/mol. The van der Waals surface area contributed by atoms with E-state index in [0.717, 1.165) is 0 Å². The first-order valence-electron chi connectivity index (χ1n) is 9.24. The summed E-state index contributed by atoms with van der Waals surface area (Å²) >= 11 is 6.00. The number of aliphatic carboxylic acids is 1. The fraction of sp³-hybridized carbons (Fsp3) is 0.318. The quantitative estimate of drug-likeness (QED) is 0.750. The number of rotatable bonds is 4. The summed E-state index contributed by atoms with van der Waals surface area (Å²) in [4.78, 5) is 12.3. The number of carboxylic acid groups (broad SMARTS) is 1. The van der Waals surface area contributed by atoms with Crippen molar-refractivity contribution in [1.29, 1.82) is 0 Å². The zero-order valence-electron chi connectivity index (χ0n) is 16.8. The van der Waals surface area contributed by atoms with Crippen LogP contribution in [0.1, 0.15) is 37.9 Å². The van der Waals surface area contributed by atoms with Crippen LogP contribution in [0.15, 0.2) is 65.1 Å². The molecule has 0 saturated carbocycles. The molecule has 0 unspecified atom stereocenters. The molecule has 2 aromatic carbocycles. The highest BCUT2D eigenvalue weighted by Crippen LogP contribution is 2.46. The molecule has 0 fully saturated rings. The van der Waals surface area contributed by atoms with Crippen molar-refractivity contribution in [2.45, 2.75) is 44.7 Å². The molecule has 0 bridgehead atoms. The average Bonchev–Trinajstić information content (AvgIpc) is 3.04. The van der Waals surface area contributed by atoms with Crippen molar-refractivity contribution in [2.75, 3.05) is 0 Å². The summed E-state index contributed by atoms with van der Waals surface area (Å²) in [5.41, 5.74) is 0.701. The van der Waals surface area contributed by atoms with Crippen LogP contribution in [0.2, 0.25) is 5.02 Å². The van der Waals surface area contributed by atoms with Gasteiger partial charge in [-0.1, -0.05) is 68.8 Å². The van der Waals surface area contributed by atoms with Gasteiger partial charge in [-0.15, -0.1) is 0 Å². The number of hydrogen-bond acceptors (Lipinski definition) is 3. The lowest BCUT2D eigenvalue weighted by Gasteiger charge is -2.37. The van der Waals surface area contributed by atoms with Crippen LogP contribution in [0.5, 0.6) is 0 Å². The van der Waals surface area contributed by atoms with E-state index in [1.54, 1.807) is 61.5 Å². The predicted octanol–water partition coefficient (Wildman–Crippen LogP) is 4.82. The van der Waals surface area contributed by atoms with Crippen LogP contribution in [-0.4, -0.2) is 29.8 Å². The van der Waals surface area contributed by atoms with Crippen molar-refractivity contribution in [3.63, 3.8) is 0 Å². The lowest BCUT2D eigenvalue weighted by atomic mass is 9.87. The minimum absolute atomic E-state index is 0.0457. The van der Waals surface area contributed by atoms with Gasteiger partial charge in [-0.2, -0.15) is 4.31 Å². The lowest BCUT2D eigenvalue weighted by Crippen LogP contribution is -2.45. The Morgan fingerprint density at radius 3 is 2.17 bits per heavy atom. The minimum atomic E-state index is -3.99. The minimum Gasteiger partial charge on any atom is -0.478 e. The molecule has 5 nitrogen and oxygen atoms in total. The van der Waals surface area contributed by atoms with E-state index in [2.05, 4.69) is 0 Å². The largest absolute Gasteiger partial charge is 0.478 e. The molecule has 154 valence electrons. The van der Waals surface area contributed by atoms with E-state index in [9.17, 15) is 18.3 Å². The Bertz CT molecular complexity index is 1070. The van der Waals surface area contributed by atoms with E-state index in [0.29, 0.717) is 16.1 Å². The first-order chi connectivity index (χ1) is 13.4. The summed E-state index contributed by atoms with van der Waals surface area (Å²) in [5.74, 6) is -1.14. The first kappa shape index (κ1) is 21.6. The van der Waals surface area contributed by atoms with Crippen molar-refractivity contribution < 1.29 is 18.3 Å². The fourth-order valence-corrected chi connectivity index (χ4v) is 5.94.